The molecule has 1 nitrogen and oxygen atoms in total. The monoisotopic (exact) mass is 232 g/mol. The van der Waals surface area contributed by atoms with Gasteiger partial charge >= 0.3 is 0 Å². The van der Waals surface area contributed by atoms with Crippen LogP contribution in [0.4, 0.5) is 0 Å². The zero-order valence-corrected chi connectivity index (χ0v) is 11.0. The quantitative estimate of drug-likeness (QED) is 0.577. The molecule has 0 bridgehead atoms. The molecule has 3 fully saturated rings. The summed E-state index contributed by atoms with van der Waals surface area (Å²) in [5.41, 5.74) is 0.911. The van der Waals surface area contributed by atoms with Crippen LogP contribution in [0.2, 0.25) is 0 Å². The molecule has 0 radical (unpaired) electrons. The van der Waals surface area contributed by atoms with Crippen molar-refractivity contribution in [1.29, 1.82) is 0 Å². The van der Waals surface area contributed by atoms with Gasteiger partial charge in [0.05, 0.1) is 0 Å². The Morgan fingerprint density at radius 3 is 2.65 bits per heavy atom. The minimum Gasteiger partial charge on any atom is -0.294 e. The first-order valence-electron chi connectivity index (χ1n) is 7.40. The third-order valence-electron chi connectivity index (χ3n) is 5.82. The van der Waals surface area contributed by atoms with Crippen LogP contribution in [0.3, 0.4) is 0 Å². The molecule has 0 N–H and O–H groups in total. The number of carbonyl (C=O) groups is 1. The van der Waals surface area contributed by atoms with Gasteiger partial charge in [0.1, 0.15) is 0 Å². The zero-order chi connectivity index (χ0) is 12.0. The Labute approximate surface area is 105 Å². The summed E-state index contributed by atoms with van der Waals surface area (Å²) in [6.07, 6.45) is 8.84. The molecular weight excluding hydrogens is 208 g/mol. The first kappa shape index (κ1) is 11.5. The summed E-state index contributed by atoms with van der Waals surface area (Å²) in [4.78, 5) is 12.2. The number of allylic oxidation sites excluding steroid dienone is 1. The third kappa shape index (κ3) is 1.78. The molecule has 17 heavy (non-hydrogen) atoms. The molecule has 3 saturated carbocycles. The van der Waals surface area contributed by atoms with Crippen molar-refractivity contribution in [2.75, 3.05) is 0 Å². The van der Waals surface area contributed by atoms with Gasteiger partial charge in [-0.25, -0.2) is 0 Å². The van der Waals surface area contributed by atoms with E-state index in [1.54, 1.807) is 0 Å². The van der Waals surface area contributed by atoms with E-state index in [0.717, 1.165) is 36.2 Å². The van der Waals surface area contributed by atoms with Gasteiger partial charge in [-0.1, -0.05) is 26.3 Å². The van der Waals surface area contributed by atoms with Crippen molar-refractivity contribution in [1.82, 2.24) is 0 Å². The fourth-order valence-electron chi connectivity index (χ4n) is 4.91. The Morgan fingerprint density at radius 2 is 1.82 bits per heavy atom. The van der Waals surface area contributed by atoms with Gasteiger partial charge in [-0.2, -0.15) is 0 Å². The highest BCUT2D eigenvalue weighted by Crippen LogP contribution is 2.52. The fourth-order valence-corrected chi connectivity index (χ4v) is 4.91. The Balaban J connectivity index is 1.83. The first-order chi connectivity index (χ1) is 8.18. The maximum atomic E-state index is 12.2. The van der Waals surface area contributed by atoms with E-state index in [1.807, 2.05) is 0 Å². The van der Waals surface area contributed by atoms with E-state index in [4.69, 9.17) is 0 Å². The highest BCUT2D eigenvalue weighted by molar-refractivity contribution is 5.97. The van der Waals surface area contributed by atoms with Gasteiger partial charge < -0.3 is 0 Å². The van der Waals surface area contributed by atoms with E-state index in [9.17, 15) is 4.79 Å². The molecule has 94 valence electrons. The lowest BCUT2D eigenvalue weighted by Gasteiger charge is -2.49. The Morgan fingerprint density at radius 1 is 1.00 bits per heavy atom. The average Bonchev–Trinajstić information content (AvgIpc) is 2.34. The van der Waals surface area contributed by atoms with Crippen molar-refractivity contribution in [2.45, 2.75) is 51.9 Å². The smallest absolute Gasteiger partial charge is 0.161 e. The predicted octanol–water partition coefficient (Wildman–Crippen LogP) is 3.98. The van der Waals surface area contributed by atoms with Crippen LogP contribution >= 0.6 is 0 Å². The molecule has 0 saturated heterocycles. The topological polar surface area (TPSA) is 17.1 Å². The Hall–Kier alpha value is -0.590. The van der Waals surface area contributed by atoms with Gasteiger partial charge in [-0.15, -0.1) is 0 Å². The Kier molecular flexibility index (Phi) is 2.88. The van der Waals surface area contributed by atoms with Crippen molar-refractivity contribution in [3.8, 4) is 0 Å². The number of rotatable bonds is 0. The van der Waals surface area contributed by atoms with Crippen LogP contribution in [0.1, 0.15) is 51.9 Å². The highest BCUT2D eigenvalue weighted by Gasteiger charge is 2.46. The van der Waals surface area contributed by atoms with Gasteiger partial charge in [-0.05, 0) is 61.3 Å². The van der Waals surface area contributed by atoms with Crippen molar-refractivity contribution >= 4 is 5.78 Å². The lowest BCUT2D eigenvalue weighted by molar-refractivity contribution is -0.127. The molecule has 0 spiro atoms. The molecule has 0 heterocycles. The molecule has 3 rings (SSSR count). The molecule has 3 aliphatic carbocycles. The van der Waals surface area contributed by atoms with E-state index in [-0.39, 0.29) is 0 Å². The van der Waals surface area contributed by atoms with E-state index in [1.165, 1.54) is 32.1 Å². The highest BCUT2D eigenvalue weighted by atomic mass is 16.1. The number of ketones is 1. The van der Waals surface area contributed by atoms with Crippen LogP contribution in [-0.4, -0.2) is 5.78 Å². The molecule has 0 aromatic heterocycles. The average molecular weight is 232 g/mol. The predicted molar refractivity (Wildman–Crippen MR) is 69.6 cm³/mol. The van der Waals surface area contributed by atoms with Gasteiger partial charge in [0.25, 0.3) is 0 Å². The van der Waals surface area contributed by atoms with Gasteiger partial charge in [0, 0.05) is 5.92 Å². The van der Waals surface area contributed by atoms with E-state index in [0.29, 0.717) is 17.6 Å². The van der Waals surface area contributed by atoms with Crippen LogP contribution in [0, 0.1) is 29.6 Å². The molecule has 3 aliphatic rings. The van der Waals surface area contributed by atoms with Gasteiger partial charge in [-0.3, -0.25) is 4.79 Å². The standard InChI is InChI=1S/C16H24O/c1-10-4-3-5-13-12(10)8-9-15-14(13)7-6-11(2)16(15)17/h10,12-15H,2-9H2,1H3. The molecule has 0 aliphatic heterocycles. The summed E-state index contributed by atoms with van der Waals surface area (Å²) in [5.74, 6) is 4.14. The second-order valence-electron chi connectivity index (χ2n) is 6.59. The van der Waals surface area contributed by atoms with Crippen LogP contribution < -0.4 is 0 Å². The largest absolute Gasteiger partial charge is 0.294 e. The molecule has 0 aromatic rings. The van der Waals surface area contributed by atoms with E-state index >= 15 is 0 Å². The molecule has 0 amide bonds. The van der Waals surface area contributed by atoms with Crippen molar-refractivity contribution in [2.24, 2.45) is 29.6 Å². The number of fused-ring (bicyclic) bond motifs is 3. The van der Waals surface area contributed by atoms with E-state index in [2.05, 4.69) is 13.5 Å². The second-order valence-corrected chi connectivity index (χ2v) is 6.59. The van der Waals surface area contributed by atoms with Crippen LogP contribution in [0.15, 0.2) is 12.2 Å². The van der Waals surface area contributed by atoms with Crippen molar-refractivity contribution < 1.29 is 4.79 Å². The van der Waals surface area contributed by atoms with Gasteiger partial charge in [0.2, 0.25) is 0 Å². The summed E-state index contributed by atoms with van der Waals surface area (Å²) < 4.78 is 0. The summed E-state index contributed by atoms with van der Waals surface area (Å²) >= 11 is 0. The van der Waals surface area contributed by atoms with Crippen LogP contribution in [0.5, 0.6) is 0 Å². The maximum absolute atomic E-state index is 12.2. The van der Waals surface area contributed by atoms with Crippen molar-refractivity contribution in [3.63, 3.8) is 0 Å². The molecule has 5 atom stereocenters. The molecule has 1 heteroatoms. The SMILES string of the molecule is C=C1CCC2C(CCC3C(C)CCCC32)C1=O. The summed E-state index contributed by atoms with van der Waals surface area (Å²) in [7, 11) is 0. The molecular formula is C16H24O. The molecule has 5 unspecified atom stereocenters. The van der Waals surface area contributed by atoms with Crippen LogP contribution in [0.25, 0.3) is 0 Å². The number of Topliss-reactive ketones (excluding diaryl/α,β-unsaturated/α-hetero) is 1. The number of hydrogen-bond acceptors (Lipinski definition) is 1. The second kappa shape index (κ2) is 4.26. The maximum Gasteiger partial charge on any atom is 0.161 e. The van der Waals surface area contributed by atoms with Crippen molar-refractivity contribution in [3.05, 3.63) is 12.2 Å². The minimum absolute atomic E-state index is 0.350. The molecule has 0 aromatic carbocycles. The first-order valence-corrected chi connectivity index (χ1v) is 7.40. The number of carbonyl (C=O) groups excluding carboxylic acids is 1. The number of hydrogen-bond donors (Lipinski definition) is 0. The summed E-state index contributed by atoms with van der Waals surface area (Å²) in [6, 6.07) is 0. The normalized spacial score (nSPS) is 46.3. The van der Waals surface area contributed by atoms with Gasteiger partial charge in [0.15, 0.2) is 5.78 Å². The van der Waals surface area contributed by atoms with E-state index < -0.39 is 0 Å². The summed E-state index contributed by atoms with van der Waals surface area (Å²) in [5, 5.41) is 0. The lowest BCUT2D eigenvalue weighted by Crippen LogP contribution is -2.44. The summed E-state index contributed by atoms with van der Waals surface area (Å²) in [6.45, 7) is 6.39. The zero-order valence-electron chi connectivity index (χ0n) is 11.0. The lowest BCUT2D eigenvalue weighted by atomic mass is 9.55. The third-order valence-corrected chi connectivity index (χ3v) is 5.82. The minimum atomic E-state index is 0.350. The fraction of sp³-hybridized carbons (Fsp3) is 0.812. The Bertz CT molecular complexity index is 343. The van der Waals surface area contributed by atoms with Crippen LogP contribution in [-0.2, 0) is 4.79 Å².